The minimum atomic E-state index is -2.63. The number of amides is 1. The van der Waals surface area contributed by atoms with E-state index in [0.29, 0.717) is 10.8 Å². The normalized spacial score (nSPS) is 11.4. The minimum absolute atomic E-state index is 0.0504. The van der Waals surface area contributed by atoms with Gasteiger partial charge >= 0.3 is 17.3 Å². The Labute approximate surface area is 216 Å². The van der Waals surface area contributed by atoms with Gasteiger partial charge in [-0.15, -0.1) is 4.28 Å². The van der Waals surface area contributed by atoms with Crippen molar-refractivity contribution in [2.75, 3.05) is 12.1 Å². The number of rotatable bonds is 7. The summed E-state index contributed by atoms with van der Waals surface area (Å²) >= 11 is 21.0. The average molecular weight is 563 g/mol. The Bertz CT molecular complexity index is 1290. The molecule has 1 amide bonds. The smallest absolute Gasteiger partial charge is 0.363 e. The van der Waals surface area contributed by atoms with Crippen molar-refractivity contribution in [1.82, 2.24) is 4.91 Å². The molecule has 9 nitrogen and oxygen atoms in total. The van der Waals surface area contributed by atoms with Gasteiger partial charge in [0.15, 0.2) is 10.8 Å². The molecule has 1 atom stereocenters. The molecule has 0 saturated carbocycles. The number of benzene rings is 3. The second-order valence-corrected chi connectivity index (χ2v) is 8.55. The molecule has 3 rings (SSSR count). The molecule has 34 heavy (non-hydrogen) atoms. The fourth-order valence-corrected chi connectivity index (χ4v) is 3.55. The molecule has 0 saturated heterocycles. The van der Waals surface area contributed by atoms with Crippen LogP contribution < -0.4 is 14.7 Å². The van der Waals surface area contributed by atoms with Crippen molar-refractivity contribution in [2.45, 2.75) is 0 Å². The van der Waals surface area contributed by atoms with Crippen LogP contribution in [0.4, 0.5) is 11.4 Å². The van der Waals surface area contributed by atoms with E-state index >= 15 is 0 Å². The standard InChI is InChI=1S/C20H12Cl4N4O5S/c1-28(33-34(30)31)18-7-6-14(32-13-4-2-11(21)3-5-13)10-15(18)20(29)26-27-25-12-8-16(22)19(24)17(23)9-12/h2-10H,1H3/p+1. The fraction of sp³-hybridized carbons (Fsp3) is 0.0500. The SMILES string of the molecule is CN(OS(=O)O)c1ccc(Oc2ccc(Cl)cc2)cc1C(=O)N=[N+]=Nc1cc(Cl)c(Cl)c(Cl)c1. The number of carbonyl (C=O) groups excluding carboxylic acids is 1. The quantitative estimate of drug-likeness (QED) is 0.108. The van der Waals surface area contributed by atoms with E-state index in [1.165, 1.54) is 37.4 Å². The Hall–Kier alpha value is -2.53. The van der Waals surface area contributed by atoms with E-state index in [4.69, 9.17) is 60.0 Å². The Kier molecular flexibility index (Phi) is 9.01. The molecule has 0 heterocycles. The maximum Gasteiger partial charge on any atom is 0.363 e. The van der Waals surface area contributed by atoms with Crippen LogP contribution in [0.2, 0.25) is 20.1 Å². The number of hydroxylamine groups is 1. The van der Waals surface area contributed by atoms with Crippen LogP contribution in [-0.4, -0.2) is 21.7 Å². The van der Waals surface area contributed by atoms with Crippen molar-refractivity contribution in [3.05, 3.63) is 80.3 Å². The molecule has 176 valence electrons. The molecule has 0 aliphatic carbocycles. The van der Waals surface area contributed by atoms with Gasteiger partial charge in [-0.1, -0.05) is 46.4 Å². The van der Waals surface area contributed by atoms with Gasteiger partial charge in [0.1, 0.15) is 11.5 Å². The molecule has 0 radical (unpaired) electrons. The number of carbonyl (C=O) groups is 1. The van der Waals surface area contributed by atoms with Gasteiger partial charge in [0, 0.05) is 12.1 Å². The van der Waals surface area contributed by atoms with E-state index < -0.39 is 17.3 Å². The number of halogens is 4. The summed E-state index contributed by atoms with van der Waals surface area (Å²) in [5.41, 5.74) is 0.282. The third kappa shape index (κ3) is 6.99. The highest BCUT2D eigenvalue weighted by Gasteiger charge is 2.21. The maximum absolute atomic E-state index is 12.8. The lowest BCUT2D eigenvalue weighted by molar-refractivity contribution is 0.0991. The van der Waals surface area contributed by atoms with Crippen molar-refractivity contribution in [2.24, 2.45) is 10.2 Å². The van der Waals surface area contributed by atoms with Crippen LogP contribution in [0.1, 0.15) is 10.4 Å². The Morgan fingerprint density at radius 2 is 1.62 bits per heavy atom. The van der Waals surface area contributed by atoms with Gasteiger partial charge in [-0.3, -0.25) is 9.35 Å². The molecule has 0 spiro atoms. The summed E-state index contributed by atoms with van der Waals surface area (Å²) in [6.07, 6.45) is 0. The summed E-state index contributed by atoms with van der Waals surface area (Å²) in [5, 5.41) is 9.27. The highest BCUT2D eigenvalue weighted by molar-refractivity contribution is 7.74. The molecule has 0 bridgehead atoms. The van der Waals surface area contributed by atoms with Gasteiger partial charge in [-0.05, 0) is 54.6 Å². The van der Waals surface area contributed by atoms with Crippen molar-refractivity contribution < 1.29 is 22.6 Å². The molecule has 3 aromatic carbocycles. The van der Waals surface area contributed by atoms with Crippen LogP contribution >= 0.6 is 46.4 Å². The number of ether oxygens (including phenoxy) is 1. The minimum Gasteiger partial charge on any atom is -0.457 e. The molecule has 1 unspecified atom stereocenters. The molecular formula is C20H13Cl4N4O5S+. The average Bonchev–Trinajstić information content (AvgIpc) is 2.78. The molecule has 1 N–H and O–H groups in total. The molecule has 14 heteroatoms. The first-order chi connectivity index (χ1) is 16.1. The number of anilines is 1. The van der Waals surface area contributed by atoms with E-state index in [2.05, 4.69) is 15.1 Å². The molecule has 0 aliphatic heterocycles. The summed E-state index contributed by atoms with van der Waals surface area (Å²) < 4.78 is 30.5. The Morgan fingerprint density at radius 1 is 1.00 bits per heavy atom. The summed E-state index contributed by atoms with van der Waals surface area (Å²) in [5.74, 6) is -0.105. The van der Waals surface area contributed by atoms with Crippen LogP contribution in [0.5, 0.6) is 11.5 Å². The number of nitrogens with zero attached hydrogens (tertiary/aromatic N) is 4. The summed E-state index contributed by atoms with van der Waals surface area (Å²) in [6.45, 7) is 0. The zero-order valence-electron chi connectivity index (χ0n) is 17.0. The van der Waals surface area contributed by atoms with Crippen LogP contribution in [0, 0.1) is 0 Å². The maximum atomic E-state index is 12.8. The second-order valence-electron chi connectivity index (χ2n) is 6.34. The first-order valence-corrected chi connectivity index (χ1v) is 11.6. The third-order valence-corrected chi connectivity index (χ3v) is 5.83. The zero-order chi connectivity index (χ0) is 24.8. The van der Waals surface area contributed by atoms with Gasteiger partial charge in [0.2, 0.25) is 10.0 Å². The van der Waals surface area contributed by atoms with E-state index in [1.807, 2.05) is 0 Å². The van der Waals surface area contributed by atoms with Gasteiger partial charge < -0.3 is 4.74 Å². The first kappa shape index (κ1) is 26.1. The molecule has 0 aliphatic rings. The number of hydrogen-bond acceptors (Lipinski definition) is 6. The lowest BCUT2D eigenvalue weighted by atomic mass is 10.1. The summed E-state index contributed by atoms with van der Waals surface area (Å²) in [4.78, 5) is 16.3. The van der Waals surface area contributed by atoms with Crippen LogP contribution in [-0.2, 0) is 15.6 Å². The molecule has 0 fully saturated rings. The van der Waals surface area contributed by atoms with Gasteiger partial charge in [-0.2, -0.15) is 4.21 Å². The van der Waals surface area contributed by atoms with Crippen molar-refractivity contribution in [3.8, 4) is 11.5 Å². The lowest BCUT2D eigenvalue weighted by Crippen LogP contribution is -2.21. The van der Waals surface area contributed by atoms with E-state index in [9.17, 15) is 9.00 Å². The highest BCUT2D eigenvalue weighted by atomic mass is 35.5. The van der Waals surface area contributed by atoms with Crippen LogP contribution in [0.15, 0.2) is 64.8 Å². The van der Waals surface area contributed by atoms with Gasteiger partial charge in [0.05, 0.1) is 26.3 Å². The third-order valence-electron chi connectivity index (χ3n) is 4.03. The monoisotopic (exact) mass is 561 g/mol. The van der Waals surface area contributed by atoms with Crippen LogP contribution in [0.3, 0.4) is 0 Å². The predicted octanol–water partition coefficient (Wildman–Crippen LogP) is 7.04. The second kappa shape index (κ2) is 11.7. The fourth-order valence-electron chi connectivity index (χ4n) is 2.57. The van der Waals surface area contributed by atoms with E-state index in [-0.39, 0.29) is 37.8 Å². The molecule has 3 aromatic rings. The number of hydrogen-bond donors (Lipinski definition) is 1. The Morgan fingerprint density at radius 3 is 2.24 bits per heavy atom. The van der Waals surface area contributed by atoms with Gasteiger partial charge in [-0.25, -0.2) is 5.06 Å². The topological polar surface area (TPSA) is 115 Å². The van der Waals surface area contributed by atoms with E-state index in [0.717, 1.165) is 5.06 Å². The molecule has 0 aromatic heterocycles. The lowest BCUT2D eigenvalue weighted by Gasteiger charge is -2.18. The van der Waals surface area contributed by atoms with Crippen molar-refractivity contribution >= 4 is 75.0 Å². The molecular weight excluding hydrogens is 550 g/mol. The summed E-state index contributed by atoms with van der Waals surface area (Å²) in [7, 11) is 1.33. The van der Waals surface area contributed by atoms with Crippen molar-refractivity contribution in [3.63, 3.8) is 0 Å². The largest absolute Gasteiger partial charge is 0.457 e. The van der Waals surface area contributed by atoms with Crippen molar-refractivity contribution in [1.29, 1.82) is 0 Å². The Balaban J connectivity index is 1.94. The highest BCUT2D eigenvalue weighted by Crippen LogP contribution is 2.34. The summed E-state index contributed by atoms with van der Waals surface area (Å²) in [6, 6.07) is 13.7. The predicted molar refractivity (Wildman–Crippen MR) is 131 cm³/mol. The van der Waals surface area contributed by atoms with E-state index in [1.54, 1.807) is 24.3 Å². The zero-order valence-corrected chi connectivity index (χ0v) is 20.8. The van der Waals surface area contributed by atoms with Crippen LogP contribution in [0.25, 0.3) is 0 Å². The van der Waals surface area contributed by atoms with Gasteiger partial charge in [0.25, 0.3) is 0 Å². The first-order valence-electron chi connectivity index (χ1n) is 9.05.